The number of carboxylic acids is 1. The zero-order valence-electron chi connectivity index (χ0n) is 11.4. The second kappa shape index (κ2) is 5.81. The minimum atomic E-state index is -3.87. The lowest BCUT2D eigenvalue weighted by Gasteiger charge is -2.18. The average Bonchev–Trinajstić information content (AvgIpc) is 2.28. The summed E-state index contributed by atoms with van der Waals surface area (Å²) in [4.78, 5) is 10.3. The Morgan fingerprint density at radius 3 is 2.35 bits per heavy atom. The Morgan fingerprint density at radius 1 is 1.35 bits per heavy atom. The Balaban J connectivity index is 3.29. The van der Waals surface area contributed by atoms with Gasteiger partial charge in [-0.25, -0.2) is 17.6 Å². The van der Waals surface area contributed by atoms with Crippen molar-refractivity contribution >= 4 is 31.7 Å². The SMILES string of the molecule is CC(C)(C)CCS(=O)(=O)c1cc(Br)cc(C(=O)O)c1F. The maximum Gasteiger partial charge on any atom is 0.338 e. The molecule has 0 saturated carbocycles. The van der Waals surface area contributed by atoms with E-state index in [1.165, 1.54) is 0 Å². The number of carboxylic acid groups (broad SMARTS) is 1. The molecule has 0 unspecified atom stereocenters. The molecule has 0 aliphatic carbocycles. The van der Waals surface area contributed by atoms with Crippen molar-refractivity contribution in [3.05, 3.63) is 28.0 Å². The van der Waals surface area contributed by atoms with Crippen molar-refractivity contribution < 1.29 is 22.7 Å². The van der Waals surface area contributed by atoms with Crippen molar-refractivity contribution in [1.29, 1.82) is 0 Å². The van der Waals surface area contributed by atoms with Gasteiger partial charge in [0.1, 0.15) is 4.90 Å². The Labute approximate surface area is 126 Å². The Hall–Kier alpha value is -0.950. The van der Waals surface area contributed by atoms with E-state index in [4.69, 9.17) is 5.11 Å². The Kier molecular flexibility index (Phi) is 4.97. The minimum absolute atomic E-state index is 0.214. The molecule has 112 valence electrons. The summed E-state index contributed by atoms with van der Waals surface area (Å²) in [6.07, 6.45) is 0.351. The van der Waals surface area contributed by atoms with Crippen LogP contribution in [0.2, 0.25) is 0 Å². The summed E-state index contributed by atoms with van der Waals surface area (Å²) in [6.45, 7) is 5.63. The van der Waals surface area contributed by atoms with Crippen LogP contribution in [0, 0.1) is 11.2 Å². The molecule has 0 aliphatic heterocycles. The molecule has 7 heteroatoms. The van der Waals surface area contributed by atoms with Gasteiger partial charge in [-0.05, 0) is 24.0 Å². The first-order valence-corrected chi connectivity index (χ1v) is 8.34. The highest BCUT2D eigenvalue weighted by atomic mass is 79.9. The highest BCUT2D eigenvalue weighted by molar-refractivity contribution is 9.10. The lowest BCUT2D eigenvalue weighted by atomic mass is 9.94. The predicted molar refractivity (Wildman–Crippen MR) is 77.2 cm³/mol. The second-order valence-corrected chi connectivity index (χ2v) is 8.69. The third-order valence-corrected chi connectivity index (χ3v) is 4.86. The monoisotopic (exact) mass is 366 g/mol. The van der Waals surface area contributed by atoms with Crippen molar-refractivity contribution in [2.45, 2.75) is 32.1 Å². The molecular formula is C13H16BrFO4S. The van der Waals surface area contributed by atoms with Crippen LogP contribution in [0.25, 0.3) is 0 Å². The van der Waals surface area contributed by atoms with Gasteiger partial charge in [-0.15, -0.1) is 0 Å². The number of halogens is 2. The Morgan fingerprint density at radius 2 is 1.90 bits per heavy atom. The van der Waals surface area contributed by atoms with E-state index in [-0.39, 0.29) is 15.6 Å². The topological polar surface area (TPSA) is 71.4 Å². The molecule has 0 aromatic heterocycles. The third kappa shape index (κ3) is 4.28. The maximum absolute atomic E-state index is 14.0. The first-order valence-electron chi connectivity index (χ1n) is 5.89. The van der Waals surface area contributed by atoms with Crippen molar-refractivity contribution in [3.8, 4) is 0 Å². The van der Waals surface area contributed by atoms with Gasteiger partial charge >= 0.3 is 5.97 Å². The van der Waals surface area contributed by atoms with Gasteiger partial charge in [0.2, 0.25) is 0 Å². The Bertz CT molecular complexity index is 633. The summed E-state index contributed by atoms with van der Waals surface area (Å²) in [6, 6.07) is 2.14. The molecule has 0 aliphatic rings. The van der Waals surface area contributed by atoms with Crippen molar-refractivity contribution in [2.75, 3.05) is 5.75 Å². The van der Waals surface area contributed by atoms with Crippen LogP contribution in [0.3, 0.4) is 0 Å². The number of sulfone groups is 1. The quantitative estimate of drug-likeness (QED) is 0.884. The fraction of sp³-hybridized carbons (Fsp3) is 0.462. The molecule has 0 heterocycles. The summed E-state index contributed by atoms with van der Waals surface area (Å²) < 4.78 is 38.6. The van der Waals surface area contributed by atoms with E-state index in [9.17, 15) is 17.6 Å². The van der Waals surface area contributed by atoms with E-state index in [1.807, 2.05) is 20.8 Å². The number of rotatable bonds is 4. The third-order valence-electron chi connectivity index (χ3n) is 2.69. The average molecular weight is 367 g/mol. The molecule has 4 nitrogen and oxygen atoms in total. The van der Waals surface area contributed by atoms with E-state index in [2.05, 4.69) is 15.9 Å². The zero-order valence-corrected chi connectivity index (χ0v) is 13.8. The van der Waals surface area contributed by atoms with Crippen molar-refractivity contribution in [1.82, 2.24) is 0 Å². The first-order chi connectivity index (χ1) is 8.94. The molecular weight excluding hydrogens is 351 g/mol. The molecule has 0 amide bonds. The molecule has 0 radical (unpaired) electrons. The number of hydrogen-bond donors (Lipinski definition) is 1. The van der Waals surface area contributed by atoms with Crippen molar-refractivity contribution in [3.63, 3.8) is 0 Å². The van der Waals surface area contributed by atoms with Gasteiger partial charge in [-0.3, -0.25) is 0 Å². The smallest absolute Gasteiger partial charge is 0.338 e. The molecule has 1 rings (SSSR count). The van der Waals surface area contributed by atoms with E-state index in [0.29, 0.717) is 6.42 Å². The summed E-state index contributed by atoms with van der Waals surface area (Å²) in [5.74, 6) is -2.95. The number of carbonyl (C=O) groups is 1. The molecule has 0 spiro atoms. The summed E-state index contributed by atoms with van der Waals surface area (Å²) >= 11 is 3.00. The molecule has 0 bridgehead atoms. The van der Waals surface area contributed by atoms with Gasteiger partial charge in [-0.2, -0.15) is 0 Å². The highest BCUT2D eigenvalue weighted by Crippen LogP contribution is 2.27. The normalized spacial score (nSPS) is 12.4. The van der Waals surface area contributed by atoms with Gasteiger partial charge in [0, 0.05) is 4.47 Å². The standard InChI is InChI=1S/C13H16BrFO4S/c1-13(2,3)4-5-20(18,19)10-7-8(14)6-9(11(10)15)12(16)17/h6-7H,4-5H2,1-3H3,(H,16,17). The predicted octanol–water partition coefficient (Wildman–Crippen LogP) is 3.50. The van der Waals surface area contributed by atoms with E-state index in [0.717, 1.165) is 12.1 Å². The highest BCUT2D eigenvalue weighted by Gasteiger charge is 2.26. The van der Waals surface area contributed by atoms with E-state index >= 15 is 0 Å². The minimum Gasteiger partial charge on any atom is -0.478 e. The van der Waals surface area contributed by atoms with Crippen LogP contribution < -0.4 is 0 Å². The second-order valence-electron chi connectivity index (χ2n) is 5.70. The first kappa shape index (κ1) is 17.1. The molecule has 1 N–H and O–H groups in total. The van der Waals surface area contributed by atoms with Crippen LogP contribution >= 0.6 is 15.9 Å². The van der Waals surface area contributed by atoms with Gasteiger partial charge in [0.05, 0.1) is 11.3 Å². The molecule has 0 fully saturated rings. The number of aromatic carboxylic acids is 1. The maximum atomic E-state index is 14.0. The van der Waals surface area contributed by atoms with Gasteiger partial charge < -0.3 is 5.11 Å². The van der Waals surface area contributed by atoms with E-state index < -0.39 is 32.1 Å². The van der Waals surface area contributed by atoms with Gasteiger partial charge in [-0.1, -0.05) is 36.7 Å². The lowest BCUT2D eigenvalue weighted by molar-refractivity contribution is 0.0691. The van der Waals surface area contributed by atoms with E-state index in [1.54, 1.807) is 0 Å². The van der Waals surface area contributed by atoms with Crippen LogP contribution in [0.1, 0.15) is 37.6 Å². The molecule has 20 heavy (non-hydrogen) atoms. The fourth-order valence-corrected chi connectivity index (χ4v) is 3.90. The van der Waals surface area contributed by atoms with Crippen LogP contribution in [-0.4, -0.2) is 25.2 Å². The molecule has 0 saturated heterocycles. The van der Waals surface area contributed by atoms with Crippen LogP contribution in [-0.2, 0) is 9.84 Å². The zero-order chi connectivity index (χ0) is 15.7. The van der Waals surface area contributed by atoms with Crippen LogP contribution in [0.4, 0.5) is 4.39 Å². The number of benzene rings is 1. The lowest BCUT2D eigenvalue weighted by Crippen LogP contribution is -2.17. The molecule has 1 aromatic carbocycles. The number of hydrogen-bond acceptors (Lipinski definition) is 3. The summed E-state index contributed by atoms with van der Waals surface area (Å²) in [5.41, 5.74) is -0.876. The van der Waals surface area contributed by atoms with Crippen LogP contribution in [0.5, 0.6) is 0 Å². The van der Waals surface area contributed by atoms with Gasteiger partial charge in [0.25, 0.3) is 0 Å². The fourth-order valence-electron chi connectivity index (χ4n) is 1.50. The largest absolute Gasteiger partial charge is 0.478 e. The van der Waals surface area contributed by atoms with Crippen molar-refractivity contribution in [2.24, 2.45) is 5.41 Å². The van der Waals surface area contributed by atoms with Gasteiger partial charge in [0.15, 0.2) is 15.7 Å². The molecule has 1 aromatic rings. The molecule has 0 atom stereocenters. The van der Waals surface area contributed by atoms with Crippen LogP contribution in [0.15, 0.2) is 21.5 Å². The summed E-state index contributed by atoms with van der Waals surface area (Å²) in [5, 5.41) is 8.88. The summed E-state index contributed by atoms with van der Waals surface area (Å²) in [7, 11) is -3.87.